The van der Waals surface area contributed by atoms with Crippen LogP contribution in [0.3, 0.4) is 0 Å². The number of rotatable bonds is 2. The largest absolute Gasteiger partial charge is 0.497 e. The molecule has 0 spiro atoms. The molecule has 0 bridgehead atoms. The van der Waals surface area contributed by atoms with Crippen LogP contribution in [0.25, 0.3) is 0 Å². The molecule has 1 aliphatic rings. The second-order valence-electron chi connectivity index (χ2n) is 5.09. The van der Waals surface area contributed by atoms with Crippen LogP contribution in [0.4, 0.5) is 0 Å². The number of likely N-dealkylation sites (N-methyl/N-ethyl adjacent to an activating group) is 1. The average Bonchev–Trinajstić information content (AvgIpc) is 2.27. The summed E-state index contributed by atoms with van der Waals surface area (Å²) in [6, 6.07) is 8.14. The molecule has 1 heterocycles. The maximum atomic E-state index is 6.13. The summed E-state index contributed by atoms with van der Waals surface area (Å²) in [6.07, 6.45) is 0.255. The van der Waals surface area contributed by atoms with E-state index in [0.717, 1.165) is 18.8 Å². The van der Waals surface area contributed by atoms with Gasteiger partial charge in [-0.05, 0) is 38.6 Å². The molecule has 1 aromatic rings. The van der Waals surface area contributed by atoms with E-state index in [1.165, 1.54) is 5.56 Å². The van der Waals surface area contributed by atoms with Gasteiger partial charge in [-0.15, -0.1) is 0 Å². The minimum absolute atomic E-state index is 0.249. The summed E-state index contributed by atoms with van der Waals surface area (Å²) in [6.45, 7) is 6.16. The molecule has 1 aromatic carbocycles. The van der Waals surface area contributed by atoms with E-state index in [1.807, 2.05) is 12.1 Å². The Morgan fingerprint density at radius 3 is 2.88 bits per heavy atom. The first-order chi connectivity index (χ1) is 8.03. The number of nitrogens with zero attached hydrogens (tertiary/aromatic N) is 1. The number of methoxy groups -OCH3 is 1. The van der Waals surface area contributed by atoms with Gasteiger partial charge in [0.1, 0.15) is 11.4 Å². The molecule has 0 N–H and O–H groups in total. The van der Waals surface area contributed by atoms with Crippen molar-refractivity contribution in [2.75, 3.05) is 27.2 Å². The van der Waals surface area contributed by atoms with Crippen molar-refractivity contribution < 1.29 is 9.47 Å². The number of ether oxygens (including phenoxy) is 2. The zero-order valence-corrected chi connectivity index (χ0v) is 11.1. The number of hydrogen-bond acceptors (Lipinski definition) is 3. The van der Waals surface area contributed by atoms with Crippen LogP contribution in [0, 0.1) is 0 Å². The van der Waals surface area contributed by atoms with E-state index in [9.17, 15) is 0 Å². The molecule has 1 aliphatic heterocycles. The van der Waals surface area contributed by atoms with Crippen LogP contribution >= 0.6 is 0 Å². The van der Waals surface area contributed by atoms with E-state index in [0.29, 0.717) is 0 Å². The molecule has 2 atom stereocenters. The highest BCUT2D eigenvalue weighted by molar-refractivity contribution is 5.32. The number of morpholine rings is 1. The quantitative estimate of drug-likeness (QED) is 0.785. The fourth-order valence-corrected chi connectivity index (χ4v) is 2.65. The lowest BCUT2D eigenvalue weighted by Crippen LogP contribution is -2.50. The van der Waals surface area contributed by atoms with Crippen LogP contribution in [0.5, 0.6) is 5.75 Å². The van der Waals surface area contributed by atoms with Gasteiger partial charge in [0, 0.05) is 13.1 Å². The lowest BCUT2D eigenvalue weighted by Gasteiger charge is -2.42. The lowest BCUT2D eigenvalue weighted by molar-refractivity contribution is -0.138. The first-order valence-electron chi connectivity index (χ1n) is 6.04. The van der Waals surface area contributed by atoms with Crippen molar-refractivity contribution in [2.24, 2.45) is 0 Å². The molecule has 0 aromatic heterocycles. The Bertz CT molecular complexity index is 382. The highest BCUT2D eigenvalue weighted by Crippen LogP contribution is 2.32. The molecule has 0 saturated carbocycles. The highest BCUT2D eigenvalue weighted by Gasteiger charge is 2.35. The van der Waals surface area contributed by atoms with Crippen molar-refractivity contribution >= 4 is 0 Å². The molecule has 2 rings (SSSR count). The molecule has 3 nitrogen and oxygen atoms in total. The van der Waals surface area contributed by atoms with E-state index >= 15 is 0 Å². The zero-order chi connectivity index (χ0) is 12.5. The fraction of sp³-hybridized carbons (Fsp3) is 0.571. The summed E-state index contributed by atoms with van der Waals surface area (Å²) in [4.78, 5) is 2.31. The van der Waals surface area contributed by atoms with Crippen LogP contribution in [0.15, 0.2) is 24.3 Å². The molecule has 94 valence electrons. The normalized spacial score (nSPS) is 30.2. The van der Waals surface area contributed by atoms with Crippen LogP contribution in [0.1, 0.15) is 19.4 Å². The summed E-state index contributed by atoms with van der Waals surface area (Å²) in [5, 5.41) is 0. The van der Waals surface area contributed by atoms with E-state index < -0.39 is 0 Å². The van der Waals surface area contributed by atoms with Crippen LogP contribution in [-0.4, -0.2) is 38.3 Å². The van der Waals surface area contributed by atoms with Gasteiger partial charge in [-0.25, -0.2) is 0 Å². The molecule has 0 radical (unpaired) electrons. The maximum absolute atomic E-state index is 6.13. The van der Waals surface area contributed by atoms with Crippen molar-refractivity contribution in [1.29, 1.82) is 0 Å². The second kappa shape index (κ2) is 4.67. The molecule has 17 heavy (non-hydrogen) atoms. The molecular weight excluding hydrogens is 214 g/mol. The van der Waals surface area contributed by atoms with Crippen LogP contribution in [-0.2, 0) is 10.3 Å². The van der Waals surface area contributed by atoms with Gasteiger partial charge in [0.15, 0.2) is 0 Å². The van der Waals surface area contributed by atoms with Crippen molar-refractivity contribution in [3.63, 3.8) is 0 Å². The van der Waals surface area contributed by atoms with Gasteiger partial charge in [-0.1, -0.05) is 12.1 Å². The maximum Gasteiger partial charge on any atom is 0.119 e. The van der Waals surface area contributed by atoms with Gasteiger partial charge in [0.25, 0.3) is 0 Å². The van der Waals surface area contributed by atoms with Crippen molar-refractivity contribution in [1.82, 2.24) is 4.90 Å². The Hall–Kier alpha value is -1.06. The van der Waals surface area contributed by atoms with Crippen LogP contribution in [0.2, 0.25) is 0 Å². The third-order valence-electron chi connectivity index (χ3n) is 3.28. The van der Waals surface area contributed by atoms with Crippen molar-refractivity contribution in [3.05, 3.63) is 29.8 Å². The van der Waals surface area contributed by atoms with Crippen molar-refractivity contribution in [3.8, 4) is 5.75 Å². The first-order valence-corrected chi connectivity index (χ1v) is 6.04. The Labute approximate surface area is 103 Å². The van der Waals surface area contributed by atoms with E-state index in [1.54, 1.807) is 7.11 Å². The molecule has 0 aliphatic carbocycles. The van der Waals surface area contributed by atoms with E-state index in [-0.39, 0.29) is 11.7 Å². The predicted molar refractivity (Wildman–Crippen MR) is 68.4 cm³/mol. The topological polar surface area (TPSA) is 21.7 Å². The third-order valence-corrected chi connectivity index (χ3v) is 3.28. The minimum Gasteiger partial charge on any atom is -0.497 e. The van der Waals surface area contributed by atoms with E-state index in [4.69, 9.17) is 9.47 Å². The second-order valence-corrected chi connectivity index (χ2v) is 5.09. The number of hydrogen-bond donors (Lipinski definition) is 0. The smallest absolute Gasteiger partial charge is 0.119 e. The fourth-order valence-electron chi connectivity index (χ4n) is 2.65. The van der Waals surface area contributed by atoms with Gasteiger partial charge < -0.3 is 14.4 Å². The van der Waals surface area contributed by atoms with Gasteiger partial charge in [0.2, 0.25) is 0 Å². The summed E-state index contributed by atoms with van der Waals surface area (Å²) >= 11 is 0. The molecule has 0 amide bonds. The van der Waals surface area contributed by atoms with Gasteiger partial charge >= 0.3 is 0 Å². The molecule has 1 saturated heterocycles. The molecule has 1 fully saturated rings. The molecular formula is C14H21NO2. The summed E-state index contributed by atoms with van der Waals surface area (Å²) in [5.74, 6) is 0.883. The predicted octanol–water partition coefficient (Wildman–Crippen LogP) is 2.26. The lowest BCUT2D eigenvalue weighted by atomic mass is 9.93. The Morgan fingerprint density at radius 2 is 2.24 bits per heavy atom. The third kappa shape index (κ3) is 2.61. The highest BCUT2D eigenvalue weighted by atomic mass is 16.5. The van der Waals surface area contributed by atoms with Gasteiger partial charge in [-0.3, -0.25) is 0 Å². The SMILES string of the molecule is COc1cccc(C2(C)CN(C)CC(C)O2)c1. The Morgan fingerprint density at radius 1 is 1.47 bits per heavy atom. The van der Waals surface area contributed by atoms with Crippen molar-refractivity contribution in [2.45, 2.75) is 25.6 Å². The summed E-state index contributed by atoms with van der Waals surface area (Å²) < 4.78 is 11.4. The molecule has 3 heteroatoms. The minimum atomic E-state index is -0.249. The molecule has 2 unspecified atom stereocenters. The summed E-state index contributed by atoms with van der Waals surface area (Å²) in [7, 11) is 3.83. The van der Waals surface area contributed by atoms with Gasteiger partial charge in [-0.2, -0.15) is 0 Å². The zero-order valence-electron chi connectivity index (χ0n) is 11.1. The Balaban J connectivity index is 2.29. The van der Waals surface area contributed by atoms with Crippen LogP contribution < -0.4 is 4.74 Å². The standard InChI is InChI=1S/C14H21NO2/c1-11-9-15(3)10-14(2,17-11)12-6-5-7-13(8-12)16-4/h5-8,11H,9-10H2,1-4H3. The van der Waals surface area contributed by atoms with E-state index in [2.05, 4.69) is 37.9 Å². The Kier molecular flexibility index (Phi) is 3.40. The monoisotopic (exact) mass is 235 g/mol. The summed E-state index contributed by atoms with van der Waals surface area (Å²) in [5.41, 5.74) is 0.927. The first kappa shape index (κ1) is 12.4. The van der Waals surface area contributed by atoms with Gasteiger partial charge in [0.05, 0.1) is 13.2 Å². The number of benzene rings is 1. The average molecular weight is 235 g/mol.